The first-order valence-corrected chi connectivity index (χ1v) is 19.4. The molecule has 288 valence electrons. The molecule has 0 unspecified atom stereocenters. The molecule has 14 heteroatoms. The van der Waals surface area contributed by atoms with Crippen LogP contribution in [0.3, 0.4) is 0 Å². The molecule has 2 heterocycles. The van der Waals surface area contributed by atoms with Crippen molar-refractivity contribution < 1.29 is 40.7 Å². The van der Waals surface area contributed by atoms with E-state index in [2.05, 4.69) is 90.7 Å². The molecule has 6 N–H and O–H groups in total. The predicted octanol–water partition coefficient (Wildman–Crippen LogP) is 5.95. The monoisotopic (exact) mass is 792 g/mol. The Kier molecular flexibility index (Phi) is 18.9. The van der Waals surface area contributed by atoms with Gasteiger partial charge in [0, 0.05) is 37.6 Å². The lowest BCUT2D eigenvalue weighted by Gasteiger charge is -2.25. The summed E-state index contributed by atoms with van der Waals surface area (Å²) in [5.74, 6) is -2.28. The Morgan fingerprint density at radius 1 is 0.615 bits per heavy atom. The minimum absolute atomic E-state index is 0.135. The fraction of sp³-hybridized carbons (Fsp3) is 0.526. The zero-order chi connectivity index (χ0) is 39.9. The number of carboxylic acids is 2. The SMILES string of the molecule is CC(C)(C)CC(C)(C)[NH3+].CC(C)(C)CC(C)(C)[NH3+].O=C([O-])CCC(=S)Oc1nc2ccccc2s1.O=C([O-])CCC(=S)Oc1nc2ccccc2s1. The summed E-state index contributed by atoms with van der Waals surface area (Å²) in [5.41, 5.74) is 11.1. The van der Waals surface area contributed by atoms with E-state index in [-0.39, 0.29) is 46.9 Å². The molecule has 0 saturated carbocycles. The van der Waals surface area contributed by atoms with Gasteiger partial charge in [0.1, 0.15) is 0 Å². The number of fused-ring (bicyclic) bond motifs is 2. The number of para-hydroxylation sites is 2. The van der Waals surface area contributed by atoms with Crippen LogP contribution >= 0.6 is 47.1 Å². The van der Waals surface area contributed by atoms with Gasteiger partial charge in [0.05, 0.1) is 31.5 Å². The zero-order valence-corrected chi connectivity index (χ0v) is 35.5. The molecule has 0 fully saturated rings. The Labute approximate surface area is 327 Å². The summed E-state index contributed by atoms with van der Waals surface area (Å²) in [6, 6.07) is 15.2. The maximum absolute atomic E-state index is 10.3. The molecule has 0 aliphatic carbocycles. The third-order valence-electron chi connectivity index (χ3n) is 6.04. The summed E-state index contributed by atoms with van der Waals surface area (Å²) in [7, 11) is 0. The Morgan fingerprint density at radius 2 is 0.923 bits per heavy atom. The second-order valence-electron chi connectivity index (χ2n) is 16.4. The molecule has 0 spiro atoms. The number of carbonyl (C=O) groups is 2. The first-order valence-electron chi connectivity index (χ1n) is 16.9. The largest absolute Gasteiger partial charge is 0.550 e. The number of hydrogen-bond donors (Lipinski definition) is 2. The molecule has 0 aliphatic rings. The van der Waals surface area contributed by atoms with Gasteiger partial charge in [-0.2, -0.15) is 0 Å². The van der Waals surface area contributed by atoms with Gasteiger partial charge in [-0.05, 0) is 100 Å². The van der Waals surface area contributed by atoms with E-state index < -0.39 is 11.9 Å². The summed E-state index contributed by atoms with van der Waals surface area (Å²) >= 11 is 12.6. The minimum Gasteiger partial charge on any atom is -0.550 e. The van der Waals surface area contributed by atoms with Crippen LogP contribution in [0, 0.1) is 10.8 Å². The van der Waals surface area contributed by atoms with E-state index in [4.69, 9.17) is 33.9 Å². The van der Waals surface area contributed by atoms with Crippen molar-refractivity contribution in [1.29, 1.82) is 0 Å². The van der Waals surface area contributed by atoms with Crippen LogP contribution in [0.2, 0.25) is 0 Å². The Morgan fingerprint density at radius 3 is 1.15 bits per heavy atom. The third-order valence-corrected chi connectivity index (χ3v) is 8.44. The van der Waals surface area contributed by atoms with Crippen molar-refractivity contribution >= 4 is 89.6 Å². The molecule has 2 aromatic carbocycles. The Balaban J connectivity index is 0.000000364. The molecule has 0 saturated heterocycles. The van der Waals surface area contributed by atoms with Crippen LogP contribution in [0.4, 0.5) is 0 Å². The second-order valence-corrected chi connectivity index (χ2v) is 19.3. The number of rotatable bonds is 10. The van der Waals surface area contributed by atoms with Gasteiger partial charge in [0.2, 0.25) is 0 Å². The number of ether oxygens (including phenoxy) is 2. The van der Waals surface area contributed by atoms with Gasteiger partial charge in [-0.15, -0.1) is 0 Å². The predicted molar refractivity (Wildman–Crippen MR) is 216 cm³/mol. The maximum Gasteiger partial charge on any atom is 0.280 e. The van der Waals surface area contributed by atoms with Gasteiger partial charge >= 0.3 is 0 Å². The lowest BCUT2D eigenvalue weighted by Crippen LogP contribution is -2.70. The van der Waals surface area contributed by atoms with Crippen molar-refractivity contribution in [3.8, 4) is 10.4 Å². The van der Waals surface area contributed by atoms with Crippen LogP contribution < -0.4 is 31.2 Å². The normalized spacial score (nSPS) is 11.6. The minimum atomic E-state index is -1.14. The van der Waals surface area contributed by atoms with E-state index in [1.807, 2.05) is 48.5 Å². The fourth-order valence-electron chi connectivity index (χ4n) is 5.37. The lowest BCUT2D eigenvalue weighted by molar-refractivity contribution is -0.471. The number of hydrogen-bond acceptors (Lipinski definition) is 12. The molecule has 4 aromatic rings. The van der Waals surface area contributed by atoms with Crippen LogP contribution in [0.1, 0.15) is 108 Å². The van der Waals surface area contributed by atoms with Crippen molar-refractivity contribution in [1.82, 2.24) is 9.97 Å². The number of thiocarbonyl (C=S) groups is 2. The van der Waals surface area contributed by atoms with E-state index in [1.54, 1.807) is 0 Å². The van der Waals surface area contributed by atoms with Gasteiger partial charge in [-0.3, -0.25) is 0 Å². The summed E-state index contributed by atoms with van der Waals surface area (Å²) in [6.07, 6.45) is 2.41. The van der Waals surface area contributed by atoms with Crippen LogP contribution in [0.25, 0.3) is 20.4 Å². The highest BCUT2D eigenvalue weighted by Crippen LogP contribution is 2.29. The highest BCUT2D eigenvalue weighted by molar-refractivity contribution is 7.80. The number of carbonyl (C=O) groups excluding carboxylic acids is 2. The molecule has 2 aromatic heterocycles. The van der Waals surface area contributed by atoms with Crippen molar-refractivity contribution in [2.24, 2.45) is 10.8 Å². The molecule has 10 nitrogen and oxygen atoms in total. The molecule has 0 amide bonds. The Bertz CT molecular complexity index is 1520. The maximum atomic E-state index is 10.3. The van der Waals surface area contributed by atoms with E-state index in [9.17, 15) is 19.8 Å². The van der Waals surface area contributed by atoms with E-state index in [0.717, 1.165) is 20.4 Å². The van der Waals surface area contributed by atoms with Gasteiger partial charge in [-0.25, -0.2) is 9.97 Å². The zero-order valence-electron chi connectivity index (χ0n) is 32.3. The van der Waals surface area contributed by atoms with E-state index in [1.165, 1.54) is 35.5 Å². The Hall–Kier alpha value is -3.14. The number of quaternary nitrogens is 2. The highest BCUT2D eigenvalue weighted by Gasteiger charge is 2.24. The standard InChI is InChI=1S/2C11H9NO3S2.2C8H19N/c2*13-9(14)5-6-10(16)15-11-12-7-3-1-2-4-8(7)17-11;2*1-7(2,3)6-8(4,5)9/h2*1-4H,5-6H2,(H,13,14);2*6,9H2,1-5H3. The summed E-state index contributed by atoms with van der Waals surface area (Å²) < 4.78 is 12.6. The van der Waals surface area contributed by atoms with Crippen molar-refractivity contribution in [2.45, 2.75) is 119 Å². The van der Waals surface area contributed by atoms with Crippen molar-refractivity contribution in [3.05, 3.63) is 48.5 Å². The number of benzene rings is 2. The smallest absolute Gasteiger partial charge is 0.280 e. The summed E-state index contributed by atoms with van der Waals surface area (Å²) in [5, 5.41) is 21.8. The molecule has 0 aliphatic heterocycles. The van der Waals surface area contributed by atoms with E-state index >= 15 is 0 Å². The average Bonchev–Trinajstić information content (AvgIpc) is 3.55. The highest BCUT2D eigenvalue weighted by atomic mass is 32.1. The topological polar surface area (TPSA) is 180 Å². The molecule has 52 heavy (non-hydrogen) atoms. The molecule has 0 bridgehead atoms. The summed E-state index contributed by atoms with van der Waals surface area (Å²) in [4.78, 5) is 29.0. The number of thiazole rings is 2. The lowest BCUT2D eigenvalue weighted by atomic mass is 9.82. The van der Waals surface area contributed by atoms with Gasteiger partial charge < -0.3 is 40.7 Å². The van der Waals surface area contributed by atoms with Gasteiger partial charge in [0.25, 0.3) is 10.4 Å². The van der Waals surface area contributed by atoms with Gasteiger partial charge in [0.15, 0.2) is 10.1 Å². The molecule has 4 rings (SSSR count). The molecular formula is C38H56N4O6S4. The van der Waals surface area contributed by atoms with E-state index in [0.29, 0.717) is 21.2 Å². The van der Waals surface area contributed by atoms with Gasteiger partial charge in [-0.1, -0.05) is 88.5 Å². The molecule has 0 radical (unpaired) electrons. The van der Waals surface area contributed by atoms with Crippen molar-refractivity contribution in [2.75, 3.05) is 0 Å². The molecule has 0 atom stereocenters. The quantitative estimate of drug-likeness (QED) is 0.182. The van der Waals surface area contributed by atoms with Crippen LogP contribution in [0.15, 0.2) is 48.5 Å². The first-order chi connectivity index (χ1) is 23.7. The van der Waals surface area contributed by atoms with Crippen LogP contribution in [0.5, 0.6) is 10.4 Å². The van der Waals surface area contributed by atoms with Crippen molar-refractivity contribution in [3.63, 3.8) is 0 Å². The number of carboxylic acid groups (broad SMARTS) is 2. The fourth-order valence-corrected chi connectivity index (χ4v) is 7.51. The van der Waals surface area contributed by atoms with Crippen LogP contribution in [-0.4, -0.2) is 43.1 Å². The number of nitrogens with zero attached hydrogens (tertiary/aromatic N) is 2. The number of aliphatic carboxylic acids is 2. The number of aromatic nitrogens is 2. The summed E-state index contributed by atoms with van der Waals surface area (Å²) in [6.45, 7) is 22.2. The second kappa shape index (κ2) is 20.9. The average molecular weight is 793 g/mol. The third kappa shape index (κ3) is 23.4. The first kappa shape index (κ1) is 46.9. The molecular weight excluding hydrogens is 737 g/mol. The van der Waals surface area contributed by atoms with Crippen LogP contribution in [-0.2, 0) is 9.59 Å².